The molecule has 2 heterocycles. The van der Waals surface area contributed by atoms with Crippen molar-refractivity contribution in [2.75, 3.05) is 20.2 Å². The topological polar surface area (TPSA) is 29.5 Å². The number of amides is 1. The van der Waals surface area contributed by atoms with Crippen LogP contribution >= 0.6 is 22.9 Å². The molecule has 21 heavy (non-hydrogen) atoms. The molecule has 1 fully saturated rings. The number of thiophene rings is 1. The number of rotatable bonds is 2. The Hall–Kier alpha value is -1.26. The van der Waals surface area contributed by atoms with Crippen molar-refractivity contribution in [1.29, 1.82) is 0 Å². The third-order valence-electron chi connectivity index (χ3n) is 4.10. The molecule has 1 aromatic carbocycles. The highest BCUT2D eigenvalue weighted by Gasteiger charge is 2.25. The van der Waals surface area contributed by atoms with E-state index in [1.807, 2.05) is 23.1 Å². The van der Waals surface area contributed by atoms with Gasteiger partial charge >= 0.3 is 0 Å². The maximum absolute atomic E-state index is 12.7. The largest absolute Gasteiger partial charge is 0.497 e. The fourth-order valence-electron chi connectivity index (χ4n) is 2.67. The molecule has 112 valence electrons. The lowest BCUT2D eigenvalue weighted by Gasteiger charge is -2.30. The van der Waals surface area contributed by atoms with Crippen molar-refractivity contribution in [3.8, 4) is 5.75 Å². The number of likely N-dealkylation sites (tertiary alicyclic amines) is 1. The molecule has 1 aliphatic heterocycles. The molecule has 0 unspecified atom stereocenters. The summed E-state index contributed by atoms with van der Waals surface area (Å²) in [6.45, 7) is 3.89. The van der Waals surface area contributed by atoms with Crippen molar-refractivity contribution in [2.45, 2.75) is 19.8 Å². The van der Waals surface area contributed by atoms with Crippen LogP contribution in [0.3, 0.4) is 0 Å². The van der Waals surface area contributed by atoms with Gasteiger partial charge in [0.1, 0.15) is 10.6 Å². The molecular weight excluding hydrogens is 306 g/mol. The van der Waals surface area contributed by atoms with Crippen molar-refractivity contribution < 1.29 is 9.53 Å². The summed E-state index contributed by atoms with van der Waals surface area (Å²) in [5.41, 5.74) is 0. The molecule has 0 atom stereocenters. The van der Waals surface area contributed by atoms with Gasteiger partial charge in [-0.3, -0.25) is 4.79 Å². The molecule has 1 saturated heterocycles. The van der Waals surface area contributed by atoms with E-state index in [4.69, 9.17) is 16.3 Å². The van der Waals surface area contributed by atoms with Crippen molar-refractivity contribution in [1.82, 2.24) is 4.90 Å². The number of nitrogens with zero attached hydrogens (tertiary/aromatic N) is 1. The highest BCUT2D eigenvalue weighted by Crippen LogP contribution is 2.38. The van der Waals surface area contributed by atoms with Crippen molar-refractivity contribution in [3.05, 3.63) is 28.1 Å². The molecule has 0 aliphatic carbocycles. The van der Waals surface area contributed by atoms with Gasteiger partial charge in [-0.1, -0.05) is 18.5 Å². The van der Waals surface area contributed by atoms with Crippen molar-refractivity contribution in [2.24, 2.45) is 5.92 Å². The zero-order valence-electron chi connectivity index (χ0n) is 12.2. The molecule has 1 aromatic heterocycles. The zero-order valence-corrected chi connectivity index (χ0v) is 13.8. The van der Waals surface area contributed by atoms with Gasteiger partial charge in [0.25, 0.3) is 5.91 Å². The SMILES string of the molecule is COc1ccc2c(Cl)c(C(=O)N3CCC(C)CC3)sc2c1. The number of carbonyl (C=O) groups is 1. The van der Waals surface area contributed by atoms with E-state index in [2.05, 4.69) is 6.92 Å². The monoisotopic (exact) mass is 323 g/mol. The lowest BCUT2D eigenvalue weighted by Crippen LogP contribution is -2.37. The summed E-state index contributed by atoms with van der Waals surface area (Å²) >= 11 is 7.87. The Morgan fingerprint density at radius 2 is 2.10 bits per heavy atom. The maximum Gasteiger partial charge on any atom is 0.265 e. The average Bonchev–Trinajstić information content (AvgIpc) is 2.83. The number of ether oxygens (including phenoxy) is 1. The zero-order chi connectivity index (χ0) is 15.0. The van der Waals surface area contributed by atoms with Gasteiger partial charge in [0, 0.05) is 23.2 Å². The minimum Gasteiger partial charge on any atom is -0.497 e. The van der Waals surface area contributed by atoms with E-state index >= 15 is 0 Å². The molecular formula is C16H18ClNO2S. The summed E-state index contributed by atoms with van der Waals surface area (Å²) in [4.78, 5) is 15.2. The standard InChI is InChI=1S/C16H18ClNO2S/c1-10-5-7-18(8-6-10)16(19)15-14(17)12-4-3-11(20-2)9-13(12)21-15/h3-4,9-10H,5-8H2,1-2H3. The highest BCUT2D eigenvalue weighted by molar-refractivity contribution is 7.21. The Morgan fingerprint density at radius 3 is 2.76 bits per heavy atom. The number of benzene rings is 1. The summed E-state index contributed by atoms with van der Waals surface area (Å²) in [5.74, 6) is 1.55. The van der Waals surface area contributed by atoms with Gasteiger partial charge in [0.2, 0.25) is 0 Å². The van der Waals surface area contributed by atoms with E-state index < -0.39 is 0 Å². The lowest BCUT2D eigenvalue weighted by molar-refractivity contribution is 0.0702. The number of piperidine rings is 1. The van der Waals surface area contributed by atoms with Gasteiger partial charge in [0.15, 0.2) is 0 Å². The van der Waals surface area contributed by atoms with Gasteiger partial charge in [0.05, 0.1) is 12.1 Å². The summed E-state index contributed by atoms with van der Waals surface area (Å²) in [7, 11) is 1.64. The van der Waals surface area contributed by atoms with Crippen LogP contribution in [0.15, 0.2) is 18.2 Å². The minimum atomic E-state index is 0.0621. The third kappa shape index (κ3) is 2.74. The molecule has 1 aliphatic rings. The van der Waals surface area contributed by atoms with E-state index in [1.165, 1.54) is 11.3 Å². The van der Waals surface area contributed by atoms with Gasteiger partial charge in [-0.15, -0.1) is 11.3 Å². The Balaban J connectivity index is 1.92. The predicted octanol–water partition coefficient (Wildman–Crippen LogP) is 4.44. The summed E-state index contributed by atoms with van der Waals surface area (Å²) in [5, 5.41) is 1.50. The van der Waals surface area contributed by atoms with Crippen LogP contribution in [0.1, 0.15) is 29.4 Å². The number of halogens is 1. The summed E-state index contributed by atoms with van der Waals surface area (Å²) in [6.07, 6.45) is 2.14. The van der Waals surface area contributed by atoms with E-state index in [1.54, 1.807) is 7.11 Å². The van der Waals surface area contributed by atoms with Crippen LogP contribution in [0.4, 0.5) is 0 Å². The molecule has 0 spiro atoms. The molecule has 0 N–H and O–H groups in total. The number of methoxy groups -OCH3 is 1. The van der Waals surface area contributed by atoms with Crippen LogP contribution in [0.2, 0.25) is 5.02 Å². The molecule has 0 radical (unpaired) electrons. The number of fused-ring (bicyclic) bond motifs is 1. The van der Waals surface area contributed by atoms with Crippen LogP contribution < -0.4 is 4.74 Å². The van der Waals surface area contributed by atoms with E-state index in [0.717, 1.165) is 41.8 Å². The lowest BCUT2D eigenvalue weighted by atomic mass is 9.99. The fourth-order valence-corrected chi connectivity index (χ4v) is 4.17. The van der Waals surface area contributed by atoms with Crippen molar-refractivity contribution >= 4 is 38.9 Å². The Kier molecular flexibility index (Phi) is 4.09. The van der Waals surface area contributed by atoms with Gasteiger partial charge in [-0.05, 0) is 37.0 Å². The first-order chi connectivity index (χ1) is 10.1. The van der Waals surface area contributed by atoms with Crippen LogP contribution in [0.25, 0.3) is 10.1 Å². The first kappa shape index (κ1) is 14.7. The van der Waals surface area contributed by atoms with E-state index in [-0.39, 0.29) is 5.91 Å². The van der Waals surface area contributed by atoms with E-state index in [9.17, 15) is 4.79 Å². The quantitative estimate of drug-likeness (QED) is 0.818. The Labute approximate surface area is 133 Å². The smallest absolute Gasteiger partial charge is 0.265 e. The summed E-state index contributed by atoms with van der Waals surface area (Å²) in [6, 6.07) is 5.72. The van der Waals surface area contributed by atoms with Crippen LogP contribution in [-0.4, -0.2) is 31.0 Å². The van der Waals surface area contributed by atoms with Gasteiger partial charge < -0.3 is 9.64 Å². The maximum atomic E-state index is 12.7. The predicted molar refractivity (Wildman–Crippen MR) is 87.7 cm³/mol. The number of hydrogen-bond donors (Lipinski definition) is 0. The highest BCUT2D eigenvalue weighted by atomic mass is 35.5. The first-order valence-corrected chi connectivity index (χ1v) is 8.35. The first-order valence-electron chi connectivity index (χ1n) is 7.15. The molecule has 0 bridgehead atoms. The number of carbonyl (C=O) groups excluding carboxylic acids is 1. The molecule has 3 nitrogen and oxygen atoms in total. The van der Waals surface area contributed by atoms with Crippen LogP contribution in [0, 0.1) is 5.92 Å². The third-order valence-corrected chi connectivity index (χ3v) is 5.75. The molecule has 2 aromatic rings. The molecule has 1 amide bonds. The minimum absolute atomic E-state index is 0.0621. The second-order valence-corrected chi connectivity index (χ2v) is 7.01. The molecule has 0 saturated carbocycles. The normalized spacial score (nSPS) is 16.4. The second kappa shape index (κ2) is 5.85. The van der Waals surface area contributed by atoms with Crippen molar-refractivity contribution in [3.63, 3.8) is 0 Å². The number of hydrogen-bond acceptors (Lipinski definition) is 3. The summed E-state index contributed by atoms with van der Waals surface area (Å²) < 4.78 is 6.22. The van der Waals surface area contributed by atoms with E-state index in [0.29, 0.717) is 15.8 Å². The molecule has 3 rings (SSSR count). The van der Waals surface area contributed by atoms with Gasteiger partial charge in [-0.25, -0.2) is 0 Å². The fraction of sp³-hybridized carbons (Fsp3) is 0.438. The van der Waals surface area contributed by atoms with Crippen LogP contribution in [-0.2, 0) is 0 Å². The average molecular weight is 324 g/mol. The van der Waals surface area contributed by atoms with Gasteiger partial charge in [-0.2, -0.15) is 0 Å². The second-order valence-electron chi connectivity index (χ2n) is 5.58. The Morgan fingerprint density at radius 1 is 1.38 bits per heavy atom. The Bertz CT molecular complexity index is 674. The molecule has 5 heteroatoms. The van der Waals surface area contributed by atoms with Crippen LogP contribution in [0.5, 0.6) is 5.75 Å².